The summed E-state index contributed by atoms with van der Waals surface area (Å²) in [6.07, 6.45) is 6.74. The van der Waals surface area contributed by atoms with Crippen molar-refractivity contribution in [2.75, 3.05) is 7.11 Å². The predicted octanol–water partition coefficient (Wildman–Crippen LogP) is 6.10. The van der Waals surface area contributed by atoms with Crippen LogP contribution < -0.4 is 5.73 Å². The van der Waals surface area contributed by atoms with Gasteiger partial charge in [-0.25, -0.2) is 4.79 Å². The number of carbonyl (C=O) groups is 2. The van der Waals surface area contributed by atoms with Crippen molar-refractivity contribution in [2.45, 2.75) is 57.0 Å². The summed E-state index contributed by atoms with van der Waals surface area (Å²) in [6.45, 7) is 0.450. The van der Waals surface area contributed by atoms with E-state index >= 15 is 0 Å². The number of nitrogens with two attached hydrogens (primary N) is 1. The number of unbranched alkanes of at least 4 members (excludes halogenated alkanes) is 1. The van der Waals surface area contributed by atoms with Crippen molar-refractivity contribution in [3.8, 4) is 11.1 Å². The number of allylic oxidation sites excluding steroid dienone is 2. The minimum atomic E-state index is -0.430. The lowest BCUT2D eigenvalue weighted by molar-refractivity contribution is -0.140. The smallest absolute Gasteiger partial charge is 0.338 e. The molecule has 1 saturated carbocycles. The number of methoxy groups -OCH3 is 1. The molecule has 0 bridgehead atoms. The van der Waals surface area contributed by atoms with Gasteiger partial charge in [0.1, 0.15) is 6.10 Å². The minimum absolute atomic E-state index is 0.000905. The topological polar surface area (TPSA) is 87.9 Å². The molecular weight excluding hydrogens is 490 g/mol. The van der Waals surface area contributed by atoms with Crippen molar-refractivity contribution in [1.82, 2.24) is 0 Å². The van der Waals surface area contributed by atoms with Crippen LogP contribution in [0.3, 0.4) is 0 Å². The fraction of sp³-hybridized carbons (Fsp3) is 0.333. The van der Waals surface area contributed by atoms with Crippen LogP contribution in [0.15, 0.2) is 97.1 Å². The maximum atomic E-state index is 12.7. The summed E-state index contributed by atoms with van der Waals surface area (Å²) in [5.41, 5.74) is 10.6. The molecule has 39 heavy (non-hydrogen) atoms. The molecular formula is C33H37NO5. The molecule has 4 rings (SSSR count). The first kappa shape index (κ1) is 28.3. The van der Waals surface area contributed by atoms with E-state index in [1.807, 2.05) is 36.4 Å². The molecule has 1 aliphatic carbocycles. The summed E-state index contributed by atoms with van der Waals surface area (Å²) in [5.74, 6) is -0.570. The molecule has 0 spiro atoms. The van der Waals surface area contributed by atoms with Gasteiger partial charge in [-0.3, -0.25) is 4.79 Å². The molecule has 0 saturated heterocycles. The monoisotopic (exact) mass is 527 g/mol. The Balaban J connectivity index is 1.38. The molecule has 0 aromatic heterocycles. The van der Waals surface area contributed by atoms with Crippen LogP contribution in [-0.4, -0.2) is 37.3 Å². The second-order valence-electron chi connectivity index (χ2n) is 9.87. The van der Waals surface area contributed by atoms with Gasteiger partial charge in [0.15, 0.2) is 0 Å². The Morgan fingerprint density at radius 3 is 2.23 bits per heavy atom. The molecule has 1 aliphatic rings. The van der Waals surface area contributed by atoms with E-state index in [-0.39, 0.29) is 30.0 Å². The number of ether oxygens (including phenoxy) is 3. The molecule has 1 fully saturated rings. The second-order valence-corrected chi connectivity index (χ2v) is 9.87. The quantitative estimate of drug-likeness (QED) is 0.174. The van der Waals surface area contributed by atoms with Gasteiger partial charge in [0.25, 0.3) is 0 Å². The van der Waals surface area contributed by atoms with Gasteiger partial charge in [0, 0.05) is 24.8 Å². The van der Waals surface area contributed by atoms with Crippen LogP contribution in [0.4, 0.5) is 0 Å². The first-order chi connectivity index (χ1) is 19.0. The number of carbonyl (C=O) groups excluding carboxylic acids is 2. The SMILES string of the molecule is COC(=O)CCC/C=C\C[C@@H]1C(N)[C@H](OC(=O)c2ccccc2)C[C@H]1OCc1ccc(-c2ccccc2)cc1. The number of benzene rings is 3. The third kappa shape index (κ3) is 8.12. The van der Waals surface area contributed by atoms with Crippen molar-refractivity contribution in [3.63, 3.8) is 0 Å². The van der Waals surface area contributed by atoms with E-state index in [0.717, 1.165) is 24.0 Å². The van der Waals surface area contributed by atoms with E-state index in [9.17, 15) is 9.59 Å². The van der Waals surface area contributed by atoms with Crippen LogP contribution in [0.2, 0.25) is 0 Å². The molecule has 3 aromatic carbocycles. The highest BCUT2D eigenvalue weighted by Crippen LogP contribution is 2.34. The van der Waals surface area contributed by atoms with Crippen LogP contribution >= 0.6 is 0 Å². The van der Waals surface area contributed by atoms with Crippen molar-refractivity contribution in [2.24, 2.45) is 11.7 Å². The Morgan fingerprint density at radius 1 is 0.872 bits per heavy atom. The maximum Gasteiger partial charge on any atom is 0.338 e. The van der Waals surface area contributed by atoms with Gasteiger partial charge in [-0.05, 0) is 48.1 Å². The summed E-state index contributed by atoms with van der Waals surface area (Å²) in [5, 5.41) is 0. The van der Waals surface area contributed by atoms with Gasteiger partial charge in [-0.15, -0.1) is 0 Å². The van der Waals surface area contributed by atoms with Crippen molar-refractivity contribution < 1.29 is 23.8 Å². The highest BCUT2D eigenvalue weighted by molar-refractivity contribution is 5.89. The molecule has 6 heteroatoms. The summed E-state index contributed by atoms with van der Waals surface area (Å²) >= 11 is 0. The minimum Gasteiger partial charge on any atom is -0.469 e. The lowest BCUT2D eigenvalue weighted by Crippen LogP contribution is -2.38. The zero-order valence-electron chi connectivity index (χ0n) is 22.4. The fourth-order valence-corrected chi connectivity index (χ4v) is 4.96. The molecule has 3 aromatic rings. The van der Waals surface area contributed by atoms with Gasteiger partial charge in [0.05, 0.1) is 25.4 Å². The molecule has 0 aliphatic heterocycles. The molecule has 6 nitrogen and oxygen atoms in total. The summed E-state index contributed by atoms with van der Waals surface area (Å²) in [6, 6.07) is 27.3. The first-order valence-corrected chi connectivity index (χ1v) is 13.5. The largest absolute Gasteiger partial charge is 0.469 e. The van der Waals surface area contributed by atoms with Gasteiger partial charge in [-0.1, -0.05) is 84.9 Å². The lowest BCUT2D eigenvalue weighted by atomic mass is 9.97. The first-order valence-electron chi connectivity index (χ1n) is 13.5. The van der Waals surface area contributed by atoms with Gasteiger partial charge in [0.2, 0.25) is 0 Å². The van der Waals surface area contributed by atoms with E-state index in [4.69, 9.17) is 19.9 Å². The summed E-state index contributed by atoms with van der Waals surface area (Å²) in [7, 11) is 1.40. The maximum absolute atomic E-state index is 12.7. The van der Waals surface area contributed by atoms with E-state index < -0.39 is 6.10 Å². The lowest BCUT2D eigenvalue weighted by Gasteiger charge is -2.22. The third-order valence-corrected chi connectivity index (χ3v) is 7.21. The molecule has 2 N–H and O–H groups in total. The van der Waals surface area contributed by atoms with E-state index in [1.54, 1.807) is 12.1 Å². The molecule has 0 heterocycles. The molecule has 1 unspecified atom stereocenters. The predicted molar refractivity (Wildman–Crippen MR) is 152 cm³/mol. The number of rotatable bonds is 12. The highest BCUT2D eigenvalue weighted by Gasteiger charge is 2.43. The molecule has 0 amide bonds. The zero-order valence-corrected chi connectivity index (χ0v) is 22.4. The molecule has 0 radical (unpaired) electrons. The van der Waals surface area contributed by atoms with Crippen LogP contribution in [0.1, 0.15) is 48.0 Å². The Labute approximate surface area is 230 Å². The van der Waals surface area contributed by atoms with Crippen LogP contribution in [0, 0.1) is 5.92 Å². The van der Waals surface area contributed by atoms with Gasteiger partial charge >= 0.3 is 11.9 Å². The number of hydrogen-bond donors (Lipinski definition) is 1. The normalized spacial score (nSPS) is 20.7. The standard InChI is InChI=1S/C33H37NO5/c1-37-31(35)17-11-3-2-10-16-28-29(22-30(32(28)34)39-33(36)27-14-8-5-9-15-27)38-23-24-18-20-26(21-19-24)25-12-6-4-7-13-25/h2,4-10,12-15,18-21,28-30,32H,3,11,16-17,22-23,34H2,1H3/b10-2-/t28-,29+,30+,32?/m0/s1. The average molecular weight is 528 g/mol. The van der Waals surface area contributed by atoms with Gasteiger partial charge < -0.3 is 19.9 Å². The van der Waals surface area contributed by atoms with Crippen molar-refractivity contribution in [1.29, 1.82) is 0 Å². The Kier molecular flexibility index (Phi) is 10.5. The highest BCUT2D eigenvalue weighted by atomic mass is 16.5. The van der Waals surface area contributed by atoms with Crippen LogP contribution in [-0.2, 0) is 25.6 Å². The van der Waals surface area contributed by atoms with E-state index in [0.29, 0.717) is 31.4 Å². The Morgan fingerprint density at radius 2 is 1.54 bits per heavy atom. The Bertz CT molecular complexity index is 1210. The van der Waals surface area contributed by atoms with Crippen molar-refractivity contribution in [3.05, 3.63) is 108 Å². The second kappa shape index (κ2) is 14.4. The molecule has 4 atom stereocenters. The summed E-state index contributed by atoms with van der Waals surface area (Å²) < 4.78 is 16.9. The summed E-state index contributed by atoms with van der Waals surface area (Å²) in [4.78, 5) is 24.1. The van der Waals surface area contributed by atoms with Crippen LogP contribution in [0.5, 0.6) is 0 Å². The van der Waals surface area contributed by atoms with E-state index in [2.05, 4.69) is 48.6 Å². The number of esters is 2. The Hall–Kier alpha value is -3.74. The zero-order chi connectivity index (χ0) is 27.5. The third-order valence-electron chi connectivity index (χ3n) is 7.21. The van der Waals surface area contributed by atoms with Gasteiger partial charge in [-0.2, -0.15) is 0 Å². The molecule has 204 valence electrons. The number of hydrogen-bond acceptors (Lipinski definition) is 6. The average Bonchev–Trinajstić information content (AvgIpc) is 3.28. The van der Waals surface area contributed by atoms with Crippen LogP contribution in [0.25, 0.3) is 11.1 Å². The van der Waals surface area contributed by atoms with E-state index in [1.165, 1.54) is 12.7 Å². The fourth-order valence-electron chi connectivity index (χ4n) is 4.96. The van der Waals surface area contributed by atoms with Crippen molar-refractivity contribution >= 4 is 11.9 Å².